The van der Waals surface area contributed by atoms with Crippen LogP contribution >= 0.6 is 15.9 Å². The first kappa shape index (κ1) is 14.4. The summed E-state index contributed by atoms with van der Waals surface area (Å²) in [5.41, 5.74) is 0.953. The van der Waals surface area contributed by atoms with Gasteiger partial charge in [0.2, 0.25) is 6.29 Å². The van der Waals surface area contributed by atoms with Gasteiger partial charge in [0.05, 0.1) is 0 Å². The molecule has 1 rings (SSSR count). The summed E-state index contributed by atoms with van der Waals surface area (Å²) in [6.45, 7) is 4.63. The zero-order valence-corrected chi connectivity index (χ0v) is 11.7. The van der Waals surface area contributed by atoms with Crippen molar-refractivity contribution in [3.63, 3.8) is 0 Å². The minimum absolute atomic E-state index is 0.0493. The molecule has 0 aliphatic carbocycles. The van der Waals surface area contributed by atoms with Gasteiger partial charge in [0.25, 0.3) is 0 Å². The Kier molecular flexibility index (Phi) is 6.40. The number of Topliss-reactive ketones (excluding diaryl/α,β-unsaturated/α-hetero) is 1. The summed E-state index contributed by atoms with van der Waals surface area (Å²) in [6, 6.07) is 7.67. The summed E-state index contributed by atoms with van der Waals surface area (Å²) < 4.78 is 11.5. The van der Waals surface area contributed by atoms with Crippen molar-refractivity contribution in [2.75, 3.05) is 13.2 Å². The van der Waals surface area contributed by atoms with Crippen molar-refractivity contribution >= 4 is 21.7 Å². The van der Waals surface area contributed by atoms with Crippen LogP contribution in [0.4, 0.5) is 0 Å². The summed E-state index contributed by atoms with van der Waals surface area (Å²) in [6.07, 6.45) is -0.423. The lowest BCUT2D eigenvalue weighted by molar-refractivity contribution is -0.167. The van der Waals surface area contributed by atoms with Crippen LogP contribution in [0.5, 0.6) is 0 Å². The molecule has 0 fully saturated rings. The van der Waals surface area contributed by atoms with Crippen LogP contribution in [-0.2, 0) is 20.7 Å². The molecule has 0 amide bonds. The fourth-order valence-electron chi connectivity index (χ4n) is 1.47. The van der Waals surface area contributed by atoms with Crippen molar-refractivity contribution in [2.24, 2.45) is 0 Å². The van der Waals surface area contributed by atoms with E-state index in [1.165, 1.54) is 0 Å². The molecule has 0 bridgehead atoms. The van der Waals surface area contributed by atoms with E-state index in [1.54, 1.807) is 0 Å². The van der Waals surface area contributed by atoms with Gasteiger partial charge in [0, 0.05) is 24.1 Å². The Morgan fingerprint density at radius 1 is 1.29 bits per heavy atom. The Morgan fingerprint density at radius 3 is 2.47 bits per heavy atom. The van der Waals surface area contributed by atoms with Gasteiger partial charge in [-0.3, -0.25) is 4.79 Å². The molecule has 0 aliphatic rings. The maximum atomic E-state index is 11.9. The third-order valence-electron chi connectivity index (χ3n) is 2.17. The Bertz CT molecular complexity index is 359. The lowest BCUT2D eigenvalue weighted by Crippen LogP contribution is -2.29. The topological polar surface area (TPSA) is 35.5 Å². The van der Waals surface area contributed by atoms with E-state index in [1.807, 2.05) is 38.1 Å². The number of hydrogen-bond donors (Lipinski definition) is 0. The number of benzene rings is 1. The standard InChI is InChI=1S/C13H17BrO3/c1-3-16-13(17-4-2)12(15)9-10-6-5-7-11(14)8-10/h5-8,13H,3-4,9H2,1-2H3. The average molecular weight is 301 g/mol. The predicted octanol–water partition coefficient (Wildman–Crippen LogP) is 2.96. The van der Waals surface area contributed by atoms with E-state index in [0.717, 1.165) is 10.0 Å². The second kappa shape index (κ2) is 7.58. The maximum absolute atomic E-state index is 11.9. The monoisotopic (exact) mass is 300 g/mol. The molecule has 0 aliphatic heterocycles. The summed E-state index contributed by atoms with van der Waals surface area (Å²) >= 11 is 3.38. The second-order valence-corrected chi connectivity index (χ2v) is 4.43. The van der Waals surface area contributed by atoms with Crippen molar-refractivity contribution in [2.45, 2.75) is 26.6 Å². The van der Waals surface area contributed by atoms with Crippen LogP contribution in [0.3, 0.4) is 0 Å². The van der Waals surface area contributed by atoms with Crippen LogP contribution in [0.15, 0.2) is 28.7 Å². The van der Waals surface area contributed by atoms with Crippen LogP contribution in [0.25, 0.3) is 0 Å². The minimum Gasteiger partial charge on any atom is -0.346 e. The first-order valence-corrected chi connectivity index (χ1v) is 6.47. The first-order chi connectivity index (χ1) is 8.17. The van der Waals surface area contributed by atoms with Crippen molar-refractivity contribution in [3.8, 4) is 0 Å². The quantitative estimate of drug-likeness (QED) is 0.726. The molecular formula is C13H17BrO3. The molecule has 0 heterocycles. The molecule has 4 heteroatoms. The van der Waals surface area contributed by atoms with E-state index in [9.17, 15) is 4.79 Å². The fourth-order valence-corrected chi connectivity index (χ4v) is 1.91. The van der Waals surface area contributed by atoms with E-state index in [2.05, 4.69) is 15.9 Å². The van der Waals surface area contributed by atoms with E-state index in [-0.39, 0.29) is 5.78 Å². The van der Waals surface area contributed by atoms with Gasteiger partial charge in [0.1, 0.15) is 0 Å². The molecule has 0 spiro atoms. The van der Waals surface area contributed by atoms with Crippen LogP contribution < -0.4 is 0 Å². The molecule has 0 unspecified atom stereocenters. The number of ketones is 1. The van der Waals surface area contributed by atoms with Crippen LogP contribution in [0.1, 0.15) is 19.4 Å². The number of carbonyl (C=O) groups excluding carboxylic acids is 1. The summed E-state index contributed by atoms with van der Waals surface area (Å²) in [5, 5.41) is 0. The Balaban J connectivity index is 2.62. The Hall–Kier alpha value is -0.710. The van der Waals surface area contributed by atoms with E-state index >= 15 is 0 Å². The van der Waals surface area contributed by atoms with Gasteiger partial charge in [-0.15, -0.1) is 0 Å². The van der Waals surface area contributed by atoms with Crippen molar-refractivity contribution in [1.29, 1.82) is 0 Å². The molecule has 17 heavy (non-hydrogen) atoms. The van der Waals surface area contributed by atoms with Gasteiger partial charge in [-0.2, -0.15) is 0 Å². The van der Waals surface area contributed by atoms with Crippen molar-refractivity contribution in [1.82, 2.24) is 0 Å². The highest BCUT2D eigenvalue weighted by Gasteiger charge is 2.18. The summed E-state index contributed by atoms with van der Waals surface area (Å²) in [5.74, 6) is -0.0493. The molecule has 0 radical (unpaired) electrons. The number of rotatable bonds is 7. The van der Waals surface area contributed by atoms with Crippen molar-refractivity contribution < 1.29 is 14.3 Å². The number of carbonyl (C=O) groups is 1. The van der Waals surface area contributed by atoms with Crippen LogP contribution in [0.2, 0.25) is 0 Å². The predicted molar refractivity (Wildman–Crippen MR) is 69.9 cm³/mol. The molecule has 0 atom stereocenters. The lowest BCUT2D eigenvalue weighted by Gasteiger charge is -2.15. The molecular weight excluding hydrogens is 284 g/mol. The molecule has 0 aromatic heterocycles. The van der Waals surface area contributed by atoms with Gasteiger partial charge in [-0.05, 0) is 31.5 Å². The maximum Gasteiger partial charge on any atom is 0.218 e. The zero-order valence-electron chi connectivity index (χ0n) is 10.1. The zero-order chi connectivity index (χ0) is 12.7. The molecule has 0 saturated carbocycles. The third kappa shape index (κ3) is 4.98. The van der Waals surface area contributed by atoms with Gasteiger partial charge in [-0.25, -0.2) is 0 Å². The fraction of sp³-hybridized carbons (Fsp3) is 0.462. The van der Waals surface area contributed by atoms with Crippen molar-refractivity contribution in [3.05, 3.63) is 34.3 Å². The molecule has 0 N–H and O–H groups in total. The van der Waals surface area contributed by atoms with Gasteiger partial charge < -0.3 is 9.47 Å². The van der Waals surface area contributed by atoms with E-state index in [0.29, 0.717) is 19.6 Å². The smallest absolute Gasteiger partial charge is 0.218 e. The highest BCUT2D eigenvalue weighted by atomic mass is 79.9. The van der Waals surface area contributed by atoms with E-state index < -0.39 is 6.29 Å². The van der Waals surface area contributed by atoms with Gasteiger partial charge >= 0.3 is 0 Å². The SMILES string of the molecule is CCOC(OCC)C(=O)Cc1cccc(Br)c1. The summed E-state index contributed by atoms with van der Waals surface area (Å²) in [7, 11) is 0. The van der Waals surface area contributed by atoms with Gasteiger partial charge in [-0.1, -0.05) is 28.1 Å². The lowest BCUT2D eigenvalue weighted by atomic mass is 10.1. The first-order valence-electron chi connectivity index (χ1n) is 5.67. The Morgan fingerprint density at radius 2 is 1.94 bits per heavy atom. The number of ether oxygens (including phenoxy) is 2. The highest BCUT2D eigenvalue weighted by molar-refractivity contribution is 9.10. The number of halogens is 1. The molecule has 94 valence electrons. The Labute approximate surface area is 110 Å². The van der Waals surface area contributed by atoms with Gasteiger partial charge in [0.15, 0.2) is 5.78 Å². The third-order valence-corrected chi connectivity index (χ3v) is 2.66. The molecule has 0 saturated heterocycles. The largest absolute Gasteiger partial charge is 0.346 e. The highest BCUT2D eigenvalue weighted by Crippen LogP contribution is 2.13. The average Bonchev–Trinajstić information content (AvgIpc) is 2.28. The van der Waals surface area contributed by atoms with E-state index in [4.69, 9.17) is 9.47 Å². The van der Waals surface area contributed by atoms with Crippen LogP contribution in [-0.4, -0.2) is 25.3 Å². The summed E-state index contributed by atoms with van der Waals surface area (Å²) in [4.78, 5) is 11.9. The molecule has 1 aromatic rings. The minimum atomic E-state index is -0.746. The second-order valence-electron chi connectivity index (χ2n) is 3.52. The molecule has 1 aromatic carbocycles. The van der Waals surface area contributed by atoms with Crippen LogP contribution in [0, 0.1) is 0 Å². The normalized spacial score (nSPS) is 10.8. The molecule has 3 nitrogen and oxygen atoms in total. The number of hydrogen-bond acceptors (Lipinski definition) is 3.